The Bertz CT molecular complexity index is 2080. The minimum absolute atomic E-state index is 0.0543. The lowest BCUT2D eigenvalue weighted by Gasteiger charge is -2.35. The molecule has 0 radical (unpaired) electrons. The van der Waals surface area contributed by atoms with E-state index in [0.29, 0.717) is 11.4 Å². The highest BCUT2D eigenvalue weighted by atomic mass is 16.4. The number of anilines is 1. The molecule has 13 heteroatoms. The molecule has 0 aliphatic heterocycles. The van der Waals surface area contributed by atoms with E-state index in [4.69, 9.17) is 15.8 Å². The summed E-state index contributed by atoms with van der Waals surface area (Å²) >= 11 is 0. The highest BCUT2D eigenvalue weighted by Gasteiger charge is 2.35. The monoisotopic (exact) mass is 647 g/mol. The first kappa shape index (κ1) is 32.0. The summed E-state index contributed by atoms with van der Waals surface area (Å²) in [5, 5.41) is 21.2. The third-order valence-electron chi connectivity index (χ3n) is 8.56. The number of aromatic amines is 1. The van der Waals surface area contributed by atoms with Crippen molar-refractivity contribution < 1.29 is 24.6 Å². The predicted molar refractivity (Wildman–Crippen MR) is 178 cm³/mol. The largest absolute Gasteiger partial charge is 0.481 e. The first-order chi connectivity index (χ1) is 23.0. The van der Waals surface area contributed by atoms with E-state index in [9.17, 15) is 24.3 Å². The van der Waals surface area contributed by atoms with Crippen LogP contribution in [0.25, 0.3) is 11.2 Å². The van der Waals surface area contributed by atoms with Gasteiger partial charge in [0.05, 0.1) is 18.4 Å². The maximum Gasteiger partial charge on any atom is 0.326 e. The van der Waals surface area contributed by atoms with Crippen LogP contribution >= 0.6 is 0 Å². The van der Waals surface area contributed by atoms with Gasteiger partial charge < -0.3 is 21.3 Å². The van der Waals surface area contributed by atoms with Gasteiger partial charge in [-0.1, -0.05) is 53.6 Å². The predicted octanol–water partition coefficient (Wildman–Crippen LogP) is 3.14. The van der Waals surface area contributed by atoms with Crippen molar-refractivity contribution >= 4 is 40.7 Å². The number of H-pyrrole nitrogens is 1. The number of nitrogens with zero attached hydrogens (tertiary/aromatic N) is 4. The molecule has 2 aliphatic rings. The molecule has 2 unspecified atom stereocenters. The number of aryl methyl sites for hydroxylation is 2. The summed E-state index contributed by atoms with van der Waals surface area (Å²) in [5.41, 5.74) is 13.5. The average Bonchev–Trinajstić information content (AvgIpc) is 3.03. The van der Waals surface area contributed by atoms with Crippen molar-refractivity contribution in [2.45, 2.75) is 51.6 Å². The van der Waals surface area contributed by atoms with E-state index in [2.05, 4.69) is 61.7 Å². The van der Waals surface area contributed by atoms with Crippen LogP contribution in [-0.2, 0) is 27.3 Å². The number of nitrogens with one attached hydrogen (secondary N) is 2. The number of carbonyl (C=O) groups excluding carboxylic acids is 1. The Morgan fingerprint density at radius 2 is 1.73 bits per heavy atom. The topological polar surface area (TPSA) is 214 Å². The standard InChI is InChI=1S/C35H33N7O6/c1-17-3-6-23-20(11-17)13-21-12-18(2)4-7-24(21)29(23)25-14-19(32(45)40-27(34(47)48)9-10-28(43)44)5-8-26(25)37-15-22-16-38-30-31(39-22)41-35(36)42-33(30)46/h3-8,11-12,14,16,25,27,29H,9-10,13,15H2,1-2H3,(H,40,45)(H,43,44)(H,47,48)(H3,36,39,41,42,46). The lowest BCUT2D eigenvalue weighted by Crippen LogP contribution is -2.42. The second-order valence-electron chi connectivity index (χ2n) is 12.1. The number of aromatic nitrogens is 4. The minimum atomic E-state index is -1.38. The van der Waals surface area contributed by atoms with Crippen LogP contribution in [-0.4, -0.2) is 59.7 Å². The summed E-state index contributed by atoms with van der Waals surface area (Å²) in [6, 6.07) is 11.3. The molecule has 1 amide bonds. The number of nitrogens with two attached hydrogens (primary N) is 1. The zero-order chi connectivity index (χ0) is 34.1. The van der Waals surface area contributed by atoms with Gasteiger partial charge in [0, 0.05) is 29.5 Å². The first-order valence-corrected chi connectivity index (χ1v) is 15.4. The Morgan fingerprint density at radius 3 is 2.38 bits per heavy atom. The van der Waals surface area contributed by atoms with Gasteiger partial charge in [0.1, 0.15) is 6.04 Å². The molecule has 6 rings (SSSR count). The second-order valence-corrected chi connectivity index (χ2v) is 12.1. The van der Waals surface area contributed by atoms with Crippen LogP contribution in [0.3, 0.4) is 0 Å². The average molecular weight is 648 g/mol. The molecule has 13 nitrogen and oxygen atoms in total. The van der Waals surface area contributed by atoms with Gasteiger partial charge in [-0.05, 0) is 61.1 Å². The lowest BCUT2D eigenvalue weighted by atomic mass is 9.69. The van der Waals surface area contributed by atoms with Crippen molar-refractivity contribution in [1.82, 2.24) is 25.3 Å². The van der Waals surface area contributed by atoms with Crippen LogP contribution in [0.5, 0.6) is 0 Å². The summed E-state index contributed by atoms with van der Waals surface area (Å²) in [6.45, 7) is 4.18. The number of carbonyl (C=O) groups is 3. The first-order valence-electron chi connectivity index (χ1n) is 15.4. The normalized spacial score (nSPS) is 17.0. The van der Waals surface area contributed by atoms with E-state index in [1.807, 2.05) is 13.8 Å². The van der Waals surface area contributed by atoms with Gasteiger partial charge in [0.25, 0.3) is 11.5 Å². The highest BCUT2D eigenvalue weighted by molar-refractivity contribution is 6.07. The molecule has 0 fully saturated rings. The minimum Gasteiger partial charge on any atom is -0.481 e. The molecule has 244 valence electrons. The van der Waals surface area contributed by atoms with E-state index in [0.717, 1.165) is 28.7 Å². The van der Waals surface area contributed by atoms with Crippen LogP contribution in [0.15, 0.2) is 76.2 Å². The molecule has 2 heterocycles. The number of nitrogen functional groups attached to an aromatic ring is 1. The fourth-order valence-corrected chi connectivity index (χ4v) is 6.32. The summed E-state index contributed by atoms with van der Waals surface area (Å²) in [7, 11) is 0. The number of amides is 1. The smallest absolute Gasteiger partial charge is 0.326 e. The number of rotatable bonds is 9. The quantitative estimate of drug-likeness (QED) is 0.179. The van der Waals surface area contributed by atoms with Gasteiger partial charge in [0.15, 0.2) is 11.2 Å². The molecule has 6 N–H and O–H groups in total. The van der Waals surface area contributed by atoms with Crippen LogP contribution in [0.1, 0.15) is 57.8 Å². The van der Waals surface area contributed by atoms with Crippen LogP contribution < -0.4 is 16.6 Å². The van der Waals surface area contributed by atoms with Crippen molar-refractivity contribution in [3.63, 3.8) is 0 Å². The highest BCUT2D eigenvalue weighted by Crippen LogP contribution is 2.44. The molecule has 48 heavy (non-hydrogen) atoms. The number of carboxylic acid groups (broad SMARTS) is 2. The maximum atomic E-state index is 13.5. The number of benzene rings is 2. The molecule has 0 spiro atoms. The molecule has 2 aliphatic carbocycles. The van der Waals surface area contributed by atoms with Gasteiger partial charge >= 0.3 is 11.9 Å². The number of aliphatic imine (C=N–C) groups is 1. The number of hydrogen-bond donors (Lipinski definition) is 5. The second kappa shape index (κ2) is 13.0. The summed E-state index contributed by atoms with van der Waals surface area (Å²) in [5.74, 6) is -3.88. The van der Waals surface area contributed by atoms with E-state index < -0.39 is 41.8 Å². The fourth-order valence-electron chi connectivity index (χ4n) is 6.32. The molecule has 0 saturated carbocycles. The van der Waals surface area contributed by atoms with Crippen molar-refractivity contribution in [1.29, 1.82) is 0 Å². The molecule has 4 aromatic rings. The fraction of sp³-hybridized carbons (Fsp3) is 0.257. The number of allylic oxidation sites excluding steroid dienone is 2. The molecular weight excluding hydrogens is 614 g/mol. The van der Waals surface area contributed by atoms with Gasteiger partial charge in [-0.25, -0.2) is 14.8 Å². The lowest BCUT2D eigenvalue weighted by molar-refractivity contribution is -0.142. The van der Waals surface area contributed by atoms with Gasteiger partial charge in [-0.2, -0.15) is 4.98 Å². The molecule has 2 aromatic carbocycles. The van der Waals surface area contributed by atoms with Gasteiger partial charge in [-0.3, -0.25) is 24.4 Å². The Labute approximate surface area is 274 Å². The van der Waals surface area contributed by atoms with E-state index in [-0.39, 0.29) is 41.6 Å². The SMILES string of the molecule is Cc1ccc2c(c1)Cc1cc(C)ccc1C2C1C=C(C(=O)NC(CCC(=O)O)C(=O)O)C=CC1=NCc1cnc2c(=O)[nH]c(N)nc2n1. The number of fused-ring (bicyclic) bond motifs is 3. The Kier molecular flexibility index (Phi) is 8.68. The van der Waals surface area contributed by atoms with Crippen molar-refractivity contribution in [2.24, 2.45) is 10.9 Å². The van der Waals surface area contributed by atoms with E-state index in [1.54, 1.807) is 18.2 Å². The van der Waals surface area contributed by atoms with Crippen molar-refractivity contribution in [3.8, 4) is 0 Å². The van der Waals surface area contributed by atoms with E-state index in [1.165, 1.54) is 17.3 Å². The number of aliphatic carboxylic acids is 2. The molecular formula is C35H33N7O6. The maximum absolute atomic E-state index is 13.5. The Balaban J connectivity index is 1.42. The van der Waals surface area contributed by atoms with Crippen LogP contribution in [0.4, 0.5) is 5.95 Å². The summed E-state index contributed by atoms with van der Waals surface area (Å²) in [6.07, 6.45) is 6.64. The third-order valence-corrected chi connectivity index (χ3v) is 8.56. The Morgan fingerprint density at radius 1 is 1.04 bits per heavy atom. The molecule has 0 bridgehead atoms. The summed E-state index contributed by atoms with van der Waals surface area (Å²) < 4.78 is 0. The van der Waals surface area contributed by atoms with Gasteiger partial charge in [-0.15, -0.1) is 0 Å². The van der Waals surface area contributed by atoms with Crippen LogP contribution in [0, 0.1) is 19.8 Å². The third kappa shape index (κ3) is 6.61. The number of carboxylic acids is 2. The van der Waals surface area contributed by atoms with Gasteiger partial charge in [0.2, 0.25) is 5.95 Å². The summed E-state index contributed by atoms with van der Waals surface area (Å²) in [4.78, 5) is 68.7. The zero-order valence-corrected chi connectivity index (χ0v) is 26.2. The Hall–Kier alpha value is -5.98. The van der Waals surface area contributed by atoms with Crippen molar-refractivity contribution in [3.05, 3.63) is 116 Å². The number of hydrogen-bond acceptors (Lipinski definition) is 9. The molecule has 2 atom stereocenters. The molecule has 2 aromatic heterocycles. The van der Waals surface area contributed by atoms with E-state index >= 15 is 0 Å². The van der Waals surface area contributed by atoms with Crippen molar-refractivity contribution in [2.75, 3.05) is 5.73 Å². The zero-order valence-electron chi connectivity index (χ0n) is 26.2. The van der Waals surface area contributed by atoms with Crippen LogP contribution in [0.2, 0.25) is 0 Å². The molecule has 0 saturated heterocycles.